The van der Waals surface area contributed by atoms with Gasteiger partial charge in [-0.1, -0.05) is 0 Å². The first-order chi connectivity index (χ1) is 8.60. The number of hydrogen-bond acceptors (Lipinski definition) is 3. The van der Waals surface area contributed by atoms with Gasteiger partial charge in [-0.3, -0.25) is 4.68 Å². The number of nitrogens with one attached hydrogen (secondary N) is 1. The summed E-state index contributed by atoms with van der Waals surface area (Å²) in [5.41, 5.74) is 3.68. The van der Waals surface area contributed by atoms with E-state index >= 15 is 0 Å². The largest absolute Gasteiger partial charge is 0.353 e. The summed E-state index contributed by atoms with van der Waals surface area (Å²) in [4.78, 5) is 0. The monoisotopic (exact) mass is 240 g/mol. The van der Waals surface area contributed by atoms with Crippen molar-refractivity contribution in [3.8, 4) is 6.07 Å². The predicted octanol–water partition coefficient (Wildman–Crippen LogP) is 3.39. The van der Waals surface area contributed by atoms with Gasteiger partial charge in [-0.2, -0.15) is 10.4 Å². The second-order valence-electron chi connectivity index (χ2n) is 4.57. The van der Waals surface area contributed by atoms with Crippen molar-refractivity contribution < 1.29 is 0 Å². The summed E-state index contributed by atoms with van der Waals surface area (Å²) in [5.74, 6) is 0. The molecule has 4 heteroatoms. The molecule has 2 aromatic rings. The summed E-state index contributed by atoms with van der Waals surface area (Å²) >= 11 is 0. The molecule has 0 atom stereocenters. The number of benzene rings is 1. The molecule has 1 aromatic carbocycles. The second kappa shape index (κ2) is 4.92. The first-order valence-corrected chi connectivity index (χ1v) is 5.92. The molecule has 0 bridgehead atoms. The first kappa shape index (κ1) is 12.2. The quantitative estimate of drug-likeness (QED) is 0.894. The lowest BCUT2D eigenvalue weighted by Crippen LogP contribution is -2.00. The molecular formula is C14H16N4. The molecular weight excluding hydrogens is 224 g/mol. The minimum atomic E-state index is 0.350. The molecule has 0 unspecified atom stereocenters. The van der Waals surface area contributed by atoms with Gasteiger partial charge in [-0.05, 0) is 44.5 Å². The van der Waals surface area contributed by atoms with Crippen LogP contribution in [0.15, 0.2) is 30.6 Å². The SMILES string of the molecule is Cc1cc(C#N)ccc1Nc1cnn(C(C)C)c1. The molecule has 18 heavy (non-hydrogen) atoms. The highest BCUT2D eigenvalue weighted by molar-refractivity contribution is 5.63. The molecule has 1 aromatic heterocycles. The molecule has 92 valence electrons. The van der Waals surface area contributed by atoms with E-state index in [0.29, 0.717) is 11.6 Å². The normalized spacial score (nSPS) is 10.4. The zero-order valence-corrected chi connectivity index (χ0v) is 10.8. The van der Waals surface area contributed by atoms with Gasteiger partial charge in [0.1, 0.15) is 0 Å². The van der Waals surface area contributed by atoms with E-state index in [1.807, 2.05) is 36.0 Å². The zero-order chi connectivity index (χ0) is 13.1. The number of anilines is 2. The summed E-state index contributed by atoms with van der Waals surface area (Å²) < 4.78 is 1.90. The molecule has 4 nitrogen and oxygen atoms in total. The number of hydrogen-bond donors (Lipinski definition) is 1. The summed E-state index contributed by atoms with van der Waals surface area (Å²) in [6.07, 6.45) is 3.78. The van der Waals surface area contributed by atoms with Crippen LogP contribution in [-0.2, 0) is 0 Å². The number of aryl methyl sites for hydroxylation is 1. The maximum atomic E-state index is 8.82. The Hall–Kier alpha value is -2.28. The van der Waals surface area contributed by atoms with Crippen molar-refractivity contribution in [1.29, 1.82) is 5.26 Å². The van der Waals surface area contributed by atoms with Crippen LogP contribution in [0.2, 0.25) is 0 Å². The predicted molar refractivity (Wildman–Crippen MR) is 71.8 cm³/mol. The smallest absolute Gasteiger partial charge is 0.0991 e. The van der Waals surface area contributed by atoms with Gasteiger partial charge in [0.05, 0.1) is 23.5 Å². The van der Waals surface area contributed by atoms with E-state index in [1.165, 1.54) is 0 Å². The fourth-order valence-electron chi connectivity index (χ4n) is 1.71. The minimum Gasteiger partial charge on any atom is -0.353 e. The fraction of sp³-hybridized carbons (Fsp3) is 0.286. The van der Waals surface area contributed by atoms with E-state index in [2.05, 4.69) is 30.3 Å². The van der Waals surface area contributed by atoms with Crippen molar-refractivity contribution in [2.45, 2.75) is 26.8 Å². The molecule has 0 amide bonds. The summed E-state index contributed by atoms with van der Waals surface area (Å²) in [7, 11) is 0. The third-order valence-electron chi connectivity index (χ3n) is 2.77. The Morgan fingerprint density at radius 3 is 2.72 bits per heavy atom. The van der Waals surface area contributed by atoms with Gasteiger partial charge < -0.3 is 5.32 Å². The first-order valence-electron chi connectivity index (χ1n) is 5.92. The van der Waals surface area contributed by atoms with Crippen LogP contribution in [0.3, 0.4) is 0 Å². The van der Waals surface area contributed by atoms with Crippen LogP contribution in [0.5, 0.6) is 0 Å². The van der Waals surface area contributed by atoms with Crippen LogP contribution in [0.25, 0.3) is 0 Å². The number of nitriles is 1. The Labute approximate surface area is 107 Å². The van der Waals surface area contributed by atoms with Crippen molar-refractivity contribution in [2.75, 3.05) is 5.32 Å². The van der Waals surface area contributed by atoms with Crippen LogP contribution >= 0.6 is 0 Å². The van der Waals surface area contributed by atoms with Gasteiger partial charge in [0, 0.05) is 17.9 Å². The third kappa shape index (κ3) is 2.51. The zero-order valence-electron chi connectivity index (χ0n) is 10.8. The molecule has 0 aliphatic heterocycles. The molecule has 0 aliphatic rings. The Balaban J connectivity index is 2.21. The molecule has 0 aliphatic carbocycles. The minimum absolute atomic E-state index is 0.350. The highest BCUT2D eigenvalue weighted by atomic mass is 15.3. The standard InChI is InChI=1S/C14H16N4/c1-10(2)18-9-13(8-16-18)17-14-5-4-12(7-15)6-11(14)3/h4-6,8-10,17H,1-3H3. The molecule has 0 fully saturated rings. The van der Waals surface area contributed by atoms with Crippen LogP contribution in [0.1, 0.15) is 31.0 Å². The number of nitrogens with zero attached hydrogens (tertiary/aromatic N) is 3. The highest BCUT2D eigenvalue weighted by Crippen LogP contribution is 2.21. The molecule has 0 spiro atoms. The lowest BCUT2D eigenvalue weighted by atomic mass is 10.1. The van der Waals surface area contributed by atoms with Crippen LogP contribution < -0.4 is 5.32 Å². The lowest BCUT2D eigenvalue weighted by molar-refractivity contribution is 0.532. The third-order valence-corrected chi connectivity index (χ3v) is 2.77. The Kier molecular flexibility index (Phi) is 3.33. The van der Waals surface area contributed by atoms with E-state index in [9.17, 15) is 0 Å². The van der Waals surface area contributed by atoms with E-state index in [-0.39, 0.29) is 0 Å². The number of rotatable bonds is 3. The lowest BCUT2D eigenvalue weighted by Gasteiger charge is -2.08. The van der Waals surface area contributed by atoms with E-state index < -0.39 is 0 Å². The molecule has 0 saturated heterocycles. The molecule has 0 radical (unpaired) electrons. The maximum absolute atomic E-state index is 8.82. The Bertz CT molecular complexity index is 590. The van der Waals surface area contributed by atoms with Crippen molar-refractivity contribution in [2.24, 2.45) is 0 Å². The maximum Gasteiger partial charge on any atom is 0.0991 e. The van der Waals surface area contributed by atoms with Crippen molar-refractivity contribution in [1.82, 2.24) is 9.78 Å². The van der Waals surface area contributed by atoms with Crippen LogP contribution in [0, 0.1) is 18.3 Å². The van der Waals surface area contributed by atoms with Gasteiger partial charge in [-0.25, -0.2) is 0 Å². The number of aromatic nitrogens is 2. The van der Waals surface area contributed by atoms with E-state index in [4.69, 9.17) is 5.26 Å². The van der Waals surface area contributed by atoms with Crippen LogP contribution in [-0.4, -0.2) is 9.78 Å². The van der Waals surface area contributed by atoms with E-state index in [0.717, 1.165) is 16.9 Å². The molecule has 1 heterocycles. The van der Waals surface area contributed by atoms with Crippen LogP contribution in [0.4, 0.5) is 11.4 Å². The van der Waals surface area contributed by atoms with Gasteiger partial charge in [0.15, 0.2) is 0 Å². The molecule has 0 saturated carbocycles. The summed E-state index contributed by atoms with van der Waals surface area (Å²) in [5, 5.41) is 16.4. The topological polar surface area (TPSA) is 53.6 Å². The Morgan fingerprint density at radius 2 is 2.17 bits per heavy atom. The fourth-order valence-corrected chi connectivity index (χ4v) is 1.71. The Morgan fingerprint density at radius 1 is 1.39 bits per heavy atom. The summed E-state index contributed by atoms with van der Waals surface area (Å²) in [6, 6.07) is 8.08. The van der Waals surface area contributed by atoms with Gasteiger partial charge in [0.25, 0.3) is 0 Å². The summed E-state index contributed by atoms with van der Waals surface area (Å²) in [6.45, 7) is 6.16. The second-order valence-corrected chi connectivity index (χ2v) is 4.57. The molecule has 1 N–H and O–H groups in total. The highest BCUT2D eigenvalue weighted by Gasteiger charge is 2.04. The van der Waals surface area contributed by atoms with Crippen molar-refractivity contribution in [3.05, 3.63) is 41.7 Å². The average Bonchev–Trinajstić information content (AvgIpc) is 2.80. The van der Waals surface area contributed by atoms with Crippen molar-refractivity contribution >= 4 is 11.4 Å². The van der Waals surface area contributed by atoms with Gasteiger partial charge in [-0.15, -0.1) is 0 Å². The average molecular weight is 240 g/mol. The van der Waals surface area contributed by atoms with E-state index in [1.54, 1.807) is 6.20 Å². The van der Waals surface area contributed by atoms with Gasteiger partial charge in [0.2, 0.25) is 0 Å². The molecule has 2 rings (SSSR count). The van der Waals surface area contributed by atoms with Gasteiger partial charge >= 0.3 is 0 Å². The van der Waals surface area contributed by atoms with Crippen molar-refractivity contribution in [3.63, 3.8) is 0 Å².